The van der Waals surface area contributed by atoms with E-state index in [0.29, 0.717) is 0 Å². The number of rotatable bonds is 2. The summed E-state index contributed by atoms with van der Waals surface area (Å²) in [5.41, 5.74) is -1.10. The van der Waals surface area contributed by atoms with Gasteiger partial charge in [0.2, 0.25) is 0 Å². The molecular weight excluding hydrogens is 181 g/mol. The molecule has 0 aliphatic heterocycles. The summed E-state index contributed by atoms with van der Waals surface area (Å²) in [4.78, 5) is 40.3. The second-order valence-electron chi connectivity index (χ2n) is 2.12. The summed E-state index contributed by atoms with van der Waals surface area (Å²) < 4.78 is 0. The van der Waals surface area contributed by atoms with Crippen LogP contribution in [0.1, 0.15) is 10.4 Å². The first-order valence-electron chi connectivity index (χ1n) is 3.04. The number of carbonyl (C=O) groups excluding carboxylic acids is 1. The average Bonchev–Trinajstić information content (AvgIpc) is 2.03. The molecule has 12 heavy (non-hydrogen) atoms. The molecule has 0 unspecified atom stereocenters. The Kier molecular flexibility index (Phi) is 2.49. The minimum absolute atomic E-state index is 0.0154. The van der Waals surface area contributed by atoms with Crippen LogP contribution in [0.3, 0.4) is 0 Å². The van der Waals surface area contributed by atoms with Crippen LogP contribution in [0.4, 0.5) is 0 Å². The van der Waals surface area contributed by atoms with E-state index < -0.39 is 13.5 Å². The van der Waals surface area contributed by atoms with E-state index in [4.69, 9.17) is 14.7 Å². The Morgan fingerprint density at radius 1 is 1.42 bits per heavy atom. The van der Waals surface area contributed by atoms with Crippen LogP contribution in [-0.4, -0.2) is 25.2 Å². The minimum Gasteiger partial charge on any atom is -0.264 e. The van der Waals surface area contributed by atoms with Gasteiger partial charge < -0.3 is 0 Å². The van der Waals surface area contributed by atoms with E-state index in [1.807, 2.05) is 0 Å². The van der Waals surface area contributed by atoms with Crippen LogP contribution in [0.25, 0.3) is 0 Å². The van der Waals surface area contributed by atoms with Crippen LogP contribution in [0.15, 0.2) is 24.5 Å². The van der Waals surface area contributed by atoms with Crippen LogP contribution < -0.4 is 0 Å². The van der Waals surface area contributed by atoms with Gasteiger partial charge in [-0.05, 0) is 12.1 Å². The van der Waals surface area contributed by atoms with Crippen LogP contribution in [0.5, 0.6) is 0 Å². The number of carbonyl (C=O) groups is 1. The fourth-order valence-electron chi connectivity index (χ4n) is 0.662. The molecule has 0 aromatic carbocycles. The molecule has 1 rings (SSSR count). The van der Waals surface area contributed by atoms with Gasteiger partial charge >= 0.3 is 13.5 Å². The fourth-order valence-corrected chi connectivity index (χ4v) is 1.14. The molecule has 0 aliphatic rings. The van der Waals surface area contributed by atoms with Crippen molar-refractivity contribution in [1.82, 2.24) is 4.98 Å². The largest absolute Gasteiger partial charge is 0.483 e. The number of nitrogens with zero attached hydrogens (tertiary/aromatic N) is 1. The molecule has 5 nitrogen and oxygen atoms in total. The fraction of sp³-hybridized carbons (Fsp3) is 0. The molecule has 1 heterocycles. The smallest absolute Gasteiger partial charge is 0.264 e. The lowest BCUT2D eigenvalue weighted by Gasteiger charge is -1.99. The highest BCUT2D eigenvalue weighted by atomic mass is 31.2. The van der Waals surface area contributed by atoms with Crippen LogP contribution >= 0.6 is 7.94 Å². The van der Waals surface area contributed by atoms with Gasteiger partial charge in [0.05, 0.1) is 5.56 Å². The van der Waals surface area contributed by atoms with Gasteiger partial charge in [0.1, 0.15) is 0 Å². The third kappa shape index (κ3) is 2.06. The Morgan fingerprint density at radius 2 is 2.08 bits per heavy atom. The highest BCUT2D eigenvalue weighted by Gasteiger charge is 2.43. The van der Waals surface area contributed by atoms with E-state index in [1.165, 1.54) is 18.3 Å². The van der Waals surface area contributed by atoms with Crippen molar-refractivity contribution in [3.05, 3.63) is 30.1 Å². The molecule has 3 N–H and O–H groups in total. The molecule has 0 saturated carbocycles. The van der Waals surface area contributed by atoms with Crippen LogP contribution in [-0.2, 0) is 0 Å². The van der Waals surface area contributed by atoms with Crippen molar-refractivity contribution in [2.24, 2.45) is 0 Å². The van der Waals surface area contributed by atoms with Gasteiger partial charge in [-0.15, -0.1) is 0 Å². The van der Waals surface area contributed by atoms with Crippen molar-refractivity contribution in [2.45, 2.75) is 0 Å². The normalized spacial score (nSPS) is 11.2. The summed E-state index contributed by atoms with van der Waals surface area (Å²) in [5.74, 6) is 0. The highest BCUT2D eigenvalue weighted by Crippen LogP contribution is 2.47. The van der Waals surface area contributed by atoms with E-state index in [-0.39, 0.29) is 5.56 Å². The minimum atomic E-state index is -4.41. The molecule has 1 aromatic heterocycles. The van der Waals surface area contributed by atoms with Crippen LogP contribution in [0.2, 0.25) is 0 Å². The van der Waals surface area contributed by atoms with E-state index in [9.17, 15) is 4.79 Å². The van der Waals surface area contributed by atoms with Crippen molar-refractivity contribution >= 4 is 13.5 Å². The van der Waals surface area contributed by atoms with Gasteiger partial charge in [0.15, 0.2) is 0 Å². The van der Waals surface area contributed by atoms with E-state index in [1.54, 1.807) is 0 Å². The monoisotopic (exact) mass is 188 g/mol. The Morgan fingerprint density at radius 3 is 2.50 bits per heavy atom. The predicted molar refractivity (Wildman–Crippen MR) is 42.1 cm³/mol. The molecule has 0 spiro atoms. The first-order valence-corrected chi connectivity index (χ1v) is 4.69. The van der Waals surface area contributed by atoms with Gasteiger partial charge in [-0.25, -0.2) is 4.79 Å². The Bertz CT molecular complexity index is 281. The Hall–Kier alpha value is -0.870. The summed E-state index contributed by atoms with van der Waals surface area (Å²) in [6.45, 7) is 0. The van der Waals surface area contributed by atoms with E-state index in [2.05, 4.69) is 4.98 Å². The van der Waals surface area contributed by atoms with Crippen molar-refractivity contribution in [3.8, 4) is 0 Å². The standard InChI is InChI=1S/C6H7NO4P/c8-6(12(9,10)11)5-2-1-3-7-4-5/h1-4,9-11H/q+1. The second kappa shape index (κ2) is 3.25. The molecule has 0 amide bonds. The number of hydrogen-bond acceptors (Lipinski definition) is 5. The molecule has 0 saturated heterocycles. The first-order chi connectivity index (χ1) is 5.52. The number of hydrogen-bond donors (Lipinski definition) is 3. The molecule has 1 aromatic rings. The summed E-state index contributed by atoms with van der Waals surface area (Å²) in [5, 5.41) is 0. The molecule has 0 fully saturated rings. The van der Waals surface area contributed by atoms with E-state index >= 15 is 0 Å². The number of pyridine rings is 1. The number of aromatic nitrogens is 1. The summed E-state index contributed by atoms with van der Waals surface area (Å²) >= 11 is 0. The summed E-state index contributed by atoms with van der Waals surface area (Å²) in [6.07, 6.45) is 2.59. The SMILES string of the molecule is O=C(c1cccnc1)[P+](O)(O)O. The maximum absolute atomic E-state index is 10.9. The van der Waals surface area contributed by atoms with Crippen LogP contribution in [0, 0.1) is 0 Å². The molecule has 0 bridgehead atoms. The predicted octanol–water partition coefficient (Wildman–Crippen LogP) is -0.0387. The molecule has 0 aliphatic carbocycles. The Labute approximate surface area is 68.9 Å². The van der Waals surface area contributed by atoms with Crippen molar-refractivity contribution < 1.29 is 19.5 Å². The molecular formula is C6H7NO4P+. The van der Waals surface area contributed by atoms with Gasteiger partial charge in [-0.2, -0.15) is 14.7 Å². The summed E-state index contributed by atoms with van der Waals surface area (Å²) in [7, 11) is -4.41. The van der Waals surface area contributed by atoms with E-state index in [0.717, 1.165) is 6.20 Å². The molecule has 6 heteroatoms. The van der Waals surface area contributed by atoms with Gasteiger partial charge in [0.25, 0.3) is 0 Å². The first kappa shape index (κ1) is 9.22. The lowest BCUT2D eigenvalue weighted by atomic mass is 10.3. The summed E-state index contributed by atoms with van der Waals surface area (Å²) in [6, 6.07) is 2.80. The average molecular weight is 188 g/mol. The quantitative estimate of drug-likeness (QED) is 0.566. The molecule has 0 radical (unpaired) electrons. The second-order valence-corrected chi connectivity index (χ2v) is 3.66. The van der Waals surface area contributed by atoms with Gasteiger partial charge in [-0.1, -0.05) is 0 Å². The van der Waals surface area contributed by atoms with Crippen molar-refractivity contribution in [1.29, 1.82) is 0 Å². The van der Waals surface area contributed by atoms with Gasteiger partial charge in [-0.3, -0.25) is 4.98 Å². The Balaban J connectivity index is 2.94. The van der Waals surface area contributed by atoms with Crippen molar-refractivity contribution in [2.75, 3.05) is 0 Å². The maximum atomic E-state index is 10.9. The highest BCUT2D eigenvalue weighted by molar-refractivity contribution is 7.76. The zero-order valence-electron chi connectivity index (χ0n) is 5.95. The topological polar surface area (TPSA) is 90.7 Å². The lowest BCUT2D eigenvalue weighted by molar-refractivity contribution is 0.102. The zero-order chi connectivity index (χ0) is 9.19. The van der Waals surface area contributed by atoms with Gasteiger partial charge in [0, 0.05) is 12.4 Å². The molecule has 0 atom stereocenters. The third-order valence-electron chi connectivity index (χ3n) is 1.18. The van der Waals surface area contributed by atoms with Crippen molar-refractivity contribution in [3.63, 3.8) is 0 Å². The third-order valence-corrected chi connectivity index (χ3v) is 1.98. The molecule has 64 valence electrons. The maximum Gasteiger partial charge on any atom is 0.483 e. The zero-order valence-corrected chi connectivity index (χ0v) is 6.85. The lowest BCUT2D eigenvalue weighted by Crippen LogP contribution is -2.05.